The summed E-state index contributed by atoms with van der Waals surface area (Å²) in [7, 11) is -4.61. The molecule has 1 aliphatic carbocycles. The van der Waals surface area contributed by atoms with E-state index in [-0.39, 0.29) is 30.7 Å². The van der Waals surface area contributed by atoms with Crippen LogP contribution >= 0.6 is 0 Å². The van der Waals surface area contributed by atoms with Crippen LogP contribution in [-0.4, -0.2) is 87.9 Å². The molecule has 3 aliphatic heterocycles. The maximum absolute atomic E-state index is 13.5. The largest absolute Gasteiger partial charge is 0.483 e. The predicted molar refractivity (Wildman–Crippen MR) is 157 cm³/mol. The summed E-state index contributed by atoms with van der Waals surface area (Å²) in [4.78, 5) is 15.3. The van der Waals surface area contributed by atoms with E-state index in [0.29, 0.717) is 44.6 Å². The molecule has 1 amide bonds. The summed E-state index contributed by atoms with van der Waals surface area (Å²) in [5.41, 5.74) is 2.04. The Morgan fingerprint density at radius 1 is 1.15 bits per heavy atom. The van der Waals surface area contributed by atoms with Gasteiger partial charge < -0.3 is 19.1 Å². The van der Waals surface area contributed by atoms with Gasteiger partial charge in [0.1, 0.15) is 12.5 Å². The van der Waals surface area contributed by atoms with Crippen LogP contribution < -0.4 is 9.46 Å². The maximum Gasteiger partial charge on any atom is 0.260 e. The van der Waals surface area contributed by atoms with E-state index in [1.165, 1.54) is 0 Å². The van der Waals surface area contributed by atoms with Crippen molar-refractivity contribution in [3.05, 3.63) is 23.9 Å². The van der Waals surface area contributed by atoms with Gasteiger partial charge in [-0.2, -0.15) is 5.10 Å². The number of rotatable bonds is 7. The monoisotopic (exact) mass is 592 g/mol. The number of benzene rings is 1. The second-order valence-corrected chi connectivity index (χ2v) is 20.2. The minimum absolute atomic E-state index is 0.0962. The molecule has 4 heterocycles. The average Bonchev–Trinajstić information content (AvgIpc) is 3.29. The van der Waals surface area contributed by atoms with Crippen LogP contribution in [0, 0.1) is 0 Å². The molecule has 10 nitrogen and oxygen atoms in total. The third kappa shape index (κ3) is 7.25. The van der Waals surface area contributed by atoms with E-state index in [2.05, 4.69) is 35.5 Å². The molecule has 2 aromatic rings. The highest BCUT2D eigenvalue weighted by molar-refractivity contribution is 7.88. The fraction of sp³-hybridized carbons (Fsp3) is 0.714. The second kappa shape index (κ2) is 12.1. The molecule has 1 N–H and O–H groups in total. The van der Waals surface area contributed by atoms with Crippen LogP contribution in [0.1, 0.15) is 50.0 Å². The third-order valence-corrected chi connectivity index (χ3v) is 10.9. The van der Waals surface area contributed by atoms with Crippen molar-refractivity contribution in [3.8, 4) is 5.75 Å². The average molecular weight is 593 g/mol. The maximum atomic E-state index is 13.5. The lowest BCUT2D eigenvalue weighted by molar-refractivity contribution is -0.140. The molecule has 2 bridgehead atoms. The van der Waals surface area contributed by atoms with Crippen LogP contribution in [0.2, 0.25) is 25.7 Å². The molecule has 0 radical (unpaired) electrons. The molecular formula is C28H44N4O6SSi. The van der Waals surface area contributed by atoms with Gasteiger partial charge in [-0.1, -0.05) is 19.6 Å². The normalized spacial score (nSPS) is 26.4. The van der Waals surface area contributed by atoms with Crippen molar-refractivity contribution >= 4 is 34.9 Å². The molecule has 1 saturated carbocycles. The smallest absolute Gasteiger partial charge is 0.260 e. The highest BCUT2D eigenvalue weighted by Crippen LogP contribution is 2.41. The van der Waals surface area contributed by atoms with Gasteiger partial charge in [-0.3, -0.25) is 4.79 Å². The minimum atomic E-state index is -3.43. The van der Waals surface area contributed by atoms with E-state index in [1.54, 1.807) is 4.90 Å². The Morgan fingerprint density at radius 2 is 1.93 bits per heavy atom. The van der Waals surface area contributed by atoms with Crippen molar-refractivity contribution in [2.45, 2.75) is 95.0 Å². The molecule has 2 atom stereocenters. The lowest BCUT2D eigenvalue weighted by atomic mass is 9.82. The summed E-state index contributed by atoms with van der Waals surface area (Å²) in [5.74, 6) is 0.871. The van der Waals surface area contributed by atoms with E-state index in [1.807, 2.05) is 16.9 Å². The van der Waals surface area contributed by atoms with Gasteiger partial charge >= 0.3 is 0 Å². The van der Waals surface area contributed by atoms with E-state index < -0.39 is 18.1 Å². The number of fused-ring (bicyclic) bond motifs is 6. The van der Waals surface area contributed by atoms with Gasteiger partial charge in [0.2, 0.25) is 10.0 Å². The van der Waals surface area contributed by atoms with Crippen molar-refractivity contribution in [1.82, 2.24) is 19.4 Å². The zero-order valence-electron chi connectivity index (χ0n) is 24.2. The molecule has 0 spiro atoms. The molecule has 222 valence electrons. The molecule has 4 aliphatic rings. The summed E-state index contributed by atoms with van der Waals surface area (Å²) in [6.07, 6.45) is 8.29. The van der Waals surface area contributed by atoms with E-state index >= 15 is 0 Å². The van der Waals surface area contributed by atoms with Crippen molar-refractivity contribution in [2.75, 3.05) is 32.6 Å². The van der Waals surface area contributed by atoms with Crippen LogP contribution in [0.15, 0.2) is 18.3 Å². The first-order valence-corrected chi connectivity index (χ1v) is 20.1. The number of piperidine rings is 1. The van der Waals surface area contributed by atoms with Crippen molar-refractivity contribution in [3.63, 3.8) is 0 Å². The molecule has 12 heteroatoms. The number of amides is 1. The highest BCUT2D eigenvalue weighted by atomic mass is 32.2. The third-order valence-electron chi connectivity index (χ3n) is 8.42. The van der Waals surface area contributed by atoms with Gasteiger partial charge in [0.25, 0.3) is 5.91 Å². The summed E-state index contributed by atoms with van der Waals surface area (Å²) in [6.45, 7) is 8.85. The molecule has 1 aromatic heterocycles. The second-order valence-electron chi connectivity index (χ2n) is 12.8. The fourth-order valence-electron chi connectivity index (χ4n) is 6.18. The Hall–Kier alpha value is -1.99. The fourth-order valence-corrected chi connectivity index (χ4v) is 7.77. The van der Waals surface area contributed by atoms with Gasteiger partial charge in [0, 0.05) is 38.7 Å². The molecular weight excluding hydrogens is 548 g/mol. The van der Waals surface area contributed by atoms with Gasteiger partial charge in [-0.15, -0.1) is 0 Å². The van der Waals surface area contributed by atoms with Gasteiger partial charge in [-0.05, 0) is 62.1 Å². The van der Waals surface area contributed by atoms with Crippen LogP contribution in [0.5, 0.6) is 5.75 Å². The Labute approximate surface area is 238 Å². The topological polar surface area (TPSA) is 112 Å². The minimum Gasteiger partial charge on any atom is -0.483 e. The molecule has 0 unspecified atom stereocenters. The van der Waals surface area contributed by atoms with Gasteiger partial charge in [-0.25, -0.2) is 17.8 Å². The van der Waals surface area contributed by atoms with Gasteiger partial charge in [0.15, 0.2) is 6.61 Å². The molecule has 1 aromatic carbocycles. The molecule has 6 rings (SSSR count). The van der Waals surface area contributed by atoms with Crippen LogP contribution in [0.25, 0.3) is 10.9 Å². The zero-order valence-corrected chi connectivity index (χ0v) is 26.0. The number of carbonyl (C=O) groups is 1. The Balaban J connectivity index is 1.40. The van der Waals surface area contributed by atoms with E-state index in [0.717, 1.165) is 60.9 Å². The summed E-state index contributed by atoms with van der Waals surface area (Å²) < 4.78 is 47.4. The zero-order chi connectivity index (χ0) is 28.5. The van der Waals surface area contributed by atoms with Crippen LogP contribution in [-0.2, 0) is 31.0 Å². The summed E-state index contributed by atoms with van der Waals surface area (Å²) in [6, 6.07) is 4.53. The lowest BCUT2D eigenvalue weighted by Gasteiger charge is -2.41. The number of hydrogen-bond donors (Lipinski definition) is 1. The highest BCUT2D eigenvalue weighted by Gasteiger charge is 2.38. The number of nitrogens with one attached hydrogen (secondary N) is 1. The number of sulfonamides is 1. The number of nitrogens with zero attached hydrogens (tertiary/aromatic N) is 3. The lowest BCUT2D eigenvalue weighted by Crippen LogP contribution is -2.59. The Morgan fingerprint density at radius 3 is 2.65 bits per heavy atom. The van der Waals surface area contributed by atoms with E-state index in [4.69, 9.17) is 14.2 Å². The van der Waals surface area contributed by atoms with Crippen LogP contribution in [0.4, 0.5) is 0 Å². The van der Waals surface area contributed by atoms with Gasteiger partial charge in [0.05, 0.1) is 36.7 Å². The number of aromatic nitrogens is 2. The predicted octanol–water partition coefficient (Wildman–Crippen LogP) is 3.69. The molecule has 2 fully saturated rings. The quantitative estimate of drug-likeness (QED) is 0.386. The molecule has 1 saturated heterocycles. The van der Waals surface area contributed by atoms with Crippen molar-refractivity contribution < 1.29 is 27.4 Å². The van der Waals surface area contributed by atoms with E-state index in [9.17, 15) is 13.2 Å². The number of carbonyl (C=O) groups excluding carboxylic acids is 1. The number of hydrogen-bond acceptors (Lipinski definition) is 7. The SMILES string of the molecule is C[Si](C)(C)CCOCn1ncc2cc3c(cc21)OCC(=O)N1CCC[C@H](NS(C)(=O)=O)[C@@H]1COC1CCC3CC1. The Bertz CT molecular complexity index is 1300. The number of ether oxygens (including phenoxy) is 3. The van der Waals surface area contributed by atoms with Crippen molar-refractivity contribution in [1.29, 1.82) is 0 Å². The summed E-state index contributed by atoms with van der Waals surface area (Å²) in [5, 5.41) is 5.63. The Kier molecular flexibility index (Phi) is 8.91. The first-order chi connectivity index (χ1) is 19.0. The first-order valence-electron chi connectivity index (χ1n) is 14.6. The first kappa shape index (κ1) is 29.5. The summed E-state index contributed by atoms with van der Waals surface area (Å²) >= 11 is 0. The molecule has 40 heavy (non-hydrogen) atoms. The van der Waals surface area contributed by atoms with Crippen LogP contribution in [0.3, 0.4) is 0 Å². The standard InChI is InChI=1S/C28H44N4O6SSi/c1-39(34,35)30-24-6-5-11-31-26(24)17-37-22-9-7-20(8-10-22)23-14-21-16-29-32(19-36-12-13-40(2,3)4)25(21)15-27(23)38-18-28(31)33/h14-16,20,22,24,26,30H,5-13,17-19H2,1-4H3/t20?,22?,24-,26-/m0/s1. The van der Waals surface area contributed by atoms with Crippen molar-refractivity contribution in [2.24, 2.45) is 0 Å².